The molecule has 0 saturated carbocycles. The van der Waals surface area contributed by atoms with Gasteiger partial charge < -0.3 is 21.1 Å². The second-order valence-electron chi connectivity index (χ2n) is 4.56. The van der Waals surface area contributed by atoms with Crippen LogP contribution in [0.15, 0.2) is 29.4 Å². The van der Waals surface area contributed by atoms with Crippen molar-refractivity contribution in [1.82, 2.24) is 0 Å². The maximum absolute atomic E-state index is 11.6. The molecule has 8 nitrogen and oxygen atoms in total. The van der Waals surface area contributed by atoms with Gasteiger partial charge in [-0.3, -0.25) is 4.28 Å². The van der Waals surface area contributed by atoms with E-state index in [9.17, 15) is 8.42 Å². The van der Waals surface area contributed by atoms with Crippen molar-refractivity contribution in [2.45, 2.75) is 5.75 Å². The first kappa shape index (κ1) is 15.4. The van der Waals surface area contributed by atoms with Gasteiger partial charge in [-0.25, -0.2) is 0 Å². The molecule has 1 aromatic carbocycles. The average molecular weight is 314 g/mol. The molecule has 1 aliphatic heterocycles. The van der Waals surface area contributed by atoms with E-state index in [4.69, 9.17) is 16.2 Å². The monoisotopic (exact) mass is 314 g/mol. The van der Waals surface area contributed by atoms with E-state index in [1.807, 2.05) is 12.1 Å². The first-order valence-electron chi connectivity index (χ1n) is 6.38. The maximum atomic E-state index is 11.6. The average Bonchev–Trinajstić information content (AvgIpc) is 2.47. The predicted molar refractivity (Wildman–Crippen MR) is 79.0 cm³/mol. The van der Waals surface area contributed by atoms with E-state index in [2.05, 4.69) is 14.3 Å². The zero-order valence-corrected chi connectivity index (χ0v) is 12.3. The van der Waals surface area contributed by atoms with Gasteiger partial charge in [-0.1, -0.05) is 12.1 Å². The number of guanidine groups is 1. The Kier molecular flexibility index (Phi) is 4.86. The largest absolute Gasteiger partial charge is 0.378 e. The molecule has 21 heavy (non-hydrogen) atoms. The molecule has 116 valence electrons. The van der Waals surface area contributed by atoms with Crippen molar-refractivity contribution < 1.29 is 17.4 Å². The standard InChI is InChI=1S/C12H18N4O4S/c13-12(14)15-20-21(17,18)9-10-1-3-11(4-2-10)16-5-7-19-8-6-16/h1-4H,5-9H2,(H4,13,14,15). The van der Waals surface area contributed by atoms with Gasteiger partial charge in [0.15, 0.2) is 0 Å². The zero-order chi connectivity index (χ0) is 15.3. The van der Waals surface area contributed by atoms with Gasteiger partial charge in [0.05, 0.1) is 13.2 Å². The molecule has 0 aliphatic carbocycles. The van der Waals surface area contributed by atoms with E-state index in [-0.39, 0.29) is 5.75 Å². The van der Waals surface area contributed by atoms with Gasteiger partial charge in [0.25, 0.3) is 0 Å². The number of nitrogens with two attached hydrogens (primary N) is 2. The number of rotatable bonds is 5. The van der Waals surface area contributed by atoms with Crippen LogP contribution in [0.1, 0.15) is 5.56 Å². The van der Waals surface area contributed by atoms with Crippen LogP contribution < -0.4 is 16.4 Å². The summed E-state index contributed by atoms with van der Waals surface area (Å²) in [5.74, 6) is -0.742. The van der Waals surface area contributed by atoms with Crippen LogP contribution >= 0.6 is 0 Å². The second-order valence-corrected chi connectivity index (χ2v) is 6.11. The lowest BCUT2D eigenvalue weighted by atomic mass is 10.2. The Morgan fingerprint density at radius 1 is 1.24 bits per heavy atom. The molecule has 1 aromatic rings. The smallest absolute Gasteiger partial charge is 0.332 e. The molecule has 2 rings (SSSR count). The van der Waals surface area contributed by atoms with E-state index in [0.717, 1.165) is 18.8 Å². The van der Waals surface area contributed by atoms with Crippen molar-refractivity contribution in [3.63, 3.8) is 0 Å². The number of hydrogen-bond acceptors (Lipinski definition) is 6. The van der Waals surface area contributed by atoms with Crippen LogP contribution in [0.5, 0.6) is 0 Å². The molecule has 1 aliphatic rings. The van der Waals surface area contributed by atoms with Crippen LogP contribution in [0.2, 0.25) is 0 Å². The maximum Gasteiger partial charge on any atom is 0.332 e. The summed E-state index contributed by atoms with van der Waals surface area (Å²) in [7, 11) is -3.85. The molecule has 0 amide bonds. The van der Waals surface area contributed by atoms with Gasteiger partial charge in [0.2, 0.25) is 5.96 Å². The molecule has 4 N–H and O–H groups in total. The highest BCUT2D eigenvalue weighted by atomic mass is 32.2. The fourth-order valence-corrected chi connectivity index (χ4v) is 2.81. The van der Waals surface area contributed by atoms with Crippen LogP contribution in [-0.4, -0.2) is 40.7 Å². The normalized spacial score (nSPS) is 15.5. The Bertz CT molecular complexity index is 590. The van der Waals surface area contributed by atoms with E-state index in [0.29, 0.717) is 18.8 Å². The Hall–Kier alpha value is -2.00. The molecule has 0 spiro atoms. The van der Waals surface area contributed by atoms with Crippen LogP contribution in [0, 0.1) is 0 Å². The fourth-order valence-electron chi connectivity index (χ4n) is 1.95. The highest BCUT2D eigenvalue weighted by Crippen LogP contribution is 2.18. The van der Waals surface area contributed by atoms with E-state index in [1.54, 1.807) is 12.1 Å². The first-order valence-corrected chi connectivity index (χ1v) is 7.96. The number of nitrogens with zero attached hydrogens (tertiary/aromatic N) is 2. The quantitative estimate of drug-likeness (QED) is 0.429. The molecule has 0 bridgehead atoms. The molecular weight excluding hydrogens is 296 g/mol. The summed E-state index contributed by atoms with van der Waals surface area (Å²) in [6.45, 7) is 3.04. The third-order valence-electron chi connectivity index (χ3n) is 2.91. The van der Waals surface area contributed by atoms with Gasteiger partial charge in [-0.2, -0.15) is 8.42 Å². The first-order chi connectivity index (χ1) is 9.96. The van der Waals surface area contributed by atoms with Crippen LogP contribution in [0.4, 0.5) is 5.69 Å². The third kappa shape index (κ3) is 4.80. The summed E-state index contributed by atoms with van der Waals surface area (Å²) in [6, 6.07) is 7.22. The Balaban J connectivity index is 2.00. The van der Waals surface area contributed by atoms with Crippen LogP contribution in [0.3, 0.4) is 0 Å². The van der Waals surface area contributed by atoms with Crippen molar-refractivity contribution in [2.24, 2.45) is 16.6 Å². The summed E-state index contributed by atoms with van der Waals surface area (Å²) in [4.78, 5) is 2.18. The van der Waals surface area contributed by atoms with E-state index in [1.165, 1.54) is 0 Å². The Morgan fingerprint density at radius 2 is 1.86 bits per heavy atom. The second kappa shape index (κ2) is 6.64. The third-order valence-corrected chi connectivity index (χ3v) is 3.90. The van der Waals surface area contributed by atoms with Crippen LogP contribution in [0.25, 0.3) is 0 Å². The molecular formula is C12H18N4O4S. The van der Waals surface area contributed by atoms with Gasteiger partial charge in [-0.15, -0.1) is 0 Å². The number of benzene rings is 1. The van der Waals surface area contributed by atoms with Crippen molar-refractivity contribution in [3.05, 3.63) is 29.8 Å². The SMILES string of the molecule is NC(N)=NOS(=O)(=O)Cc1ccc(N2CCOCC2)cc1. The molecule has 0 radical (unpaired) electrons. The lowest BCUT2D eigenvalue weighted by Crippen LogP contribution is -2.36. The van der Waals surface area contributed by atoms with Crippen molar-refractivity contribution in [3.8, 4) is 0 Å². The van der Waals surface area contributed by atoms with Gasteiger partial charge in [0, 0.05) is 18.8 Å². The molecule has 1 saturated heterocycles. The summed E-state index contributed by atoms with van der Waals surface area (Å²) < 4.78 is 32.9. The Morgan fingerprint density at radius 3 is 2.43 bits per heavy atom. The Labute approximate surface area is 123 Å². The topological polar surface area (TPSA) is 120 Å². The minimum absolute atomic E-state index is 0.298. The molecule has 1 fully saturated rings. The van der Waals surface area contributed by atoms with Crippen LogP contribution in [-0.2, 0) is 24.9 Å². The van der Waals surface area contributed by atoms with Gasteiger partial charge >= 0.3 is 10.1 Å². The van der Waals surface area contributed by atoms with Gasteiger partial charge in [-0.05, 0) is 22.9 Å². The fraction of sp³-hybridized carbons (Fsp3) is 0.417. The van der Waals surface area contributed by atoms with Crippen molar-refractivity contribution in [1.29, 1.82) is 0 Å². The van der Waals surface area contributed by atoms with E-state index >= 15 is 0 Å². The summed E-state index contributed by atoms with van der Waals surface area (Å²) in [5, 5.41) is 3.05. The van der Waals surface area contributed by atoms with Crippen molar-refractivity contribution >= 4 is 21.8 Å². The van der Waals surface area contributed by atoms with Crippen molar-refractivity contribution in [2.75, 3.05) is 31.2 Å². The highest BCUT2D eigenvalue weighted by molar-refractivity contribution is 7.85. The highest BCUT2D eigenvalue weighted by Gasteiger charge is 2.15. The molecule has 0 aromatic heterocycles. The number of morpholine rings is 1. The number of oxime groups is 1. The molecule has 9 heteroatoms. The number of anilines is 1. The molecule has 1 heterocycles. The van der Waals surface area contributed by atoms with Gasteiger partial charge in [0.1, 0.15) is 5.75 Å². The number of hydrogen-bond donors (Lipinski definition) is 2. The predicted octanol–water partition coefficient (Wildman–Crippen LogP) is -0.442. The molecule has 0 atom stereocenters. The minimum atomic E-state index is -3.85. The number of ether oxygens (including phenoxy) is 1. The zero-order valence-electron chi connectivity index (χ0n) is 11.4. The summed E-state index contributed by atoms with van der Waals surface area (Å²) in [5.41, 5.74) is 11.7. The lowest BCUT2D eigenvalue weighted by Gasteiger charge is -2.28. The minimum Gasteiger partial charge on any atom is -0.378 e. The molecule has 0 unspecified atom stereocenters. The summed E-state index contributed by atoms with van der Waals surface area (Å²) in [6.07, 6.45) is 0. The van der Waals surface area contributed by atoms with E-state index < -0.39 is 16.1 Å². The lowest BCUT2D eigenvalue weighted by molar-refractivity contribution is 0.122. The summed E-state index contributed by atoms with van der Waals surface area (Å²) >= 11 is 0.